The van der Waals surface area contributed by atoms with Gasteiger partial charge in [-0.15, -0.1) is 11.3 Å². The molecular formula is C22H19FN2O2S. The van der Waals surface area contributed by atoms with Crippen molar-refractivity contribution in [3.05, 3.63) is 88.5 Å². The first kappa shape index (κ1) is 18.3. The quantitative estimate of drug-likeness (QED) is 0.500. The van der Waals surface area contributed by atoms with E-state index in [0.717, 1.165) is 21.3 Å². The summed E-state index contributed by atoms with van der Waals surface area (Å²) in [4.78, 5) is 18.9. The van der Waals surface area contributed by atoms with E-state index in [2.05, 4.69) is 11.1 Å². The number of benzene rings is 2. The van der Waals surface area contributed by atoms with Crippen molar-refractivity contribution in [2.75, 3.05) is 13.7 Å². The van der Waals surface area contributed by atoms with Crippen molar-refractivity contribution in [3.63, 3.8) is 0 Å². The molecule has 0 radical (unpaired) electrons. The number of hydrogen-bond donors (Lipinski definition) is 1. The molecule has 4 rings (SSSR count). The maximum atomic E-state index is 13.0. The van der Waals surface area contributed by atoms with E-state index in [1.807, 2.05) is 41.9 Å². The van der Waals surface area contributed by atoms with Crippen LogP contribution in [-0.4, -0.2) is 29.4 Å². The predicted molar refractivity (Wildman–Crippen MR) is 109 cm³/mol. The molecule has 1 amide bonds. The van der Waals surface area contributed by atoms with E-state index in [0.29, 0.717) is 5.75 Å². The topological polar surface area (TPSA) is 45.3 Å². The minimum Gasteiger partial charge on any atom is -0.484 e. The first-order valence-electron chi connectivity index (χ1n) is 8.87. The van der Waals surface area contributed by atoms with Crippen molar-refractivity contribution in [3.8, 4) is 5.75 Å². The summed E-state index contributed by atoms with van der Waals surface area (Å²) in [5.41, 5.74) is 2.07. The van der Waals surface area contributed by atoms with Gasteiger partial charge in [-0.2, -0.15) is 0 Å². The fourth-order valence-electron chi connectivity index (χ4n) is 3.24. The molecule has 1 N–H and O–H groups in total. The molecule has 6 heteroatoms. The van der Waals surface area contributed by atoms with Gasteiger partial charge < -0.3 is 14.6 Å². The average Bonchev–Trinajstić information content (AvgIpc) is 3.38. The molecule has 2 heterocycles. The predicted octanol–water partition coefficient (Wildman–Crippen LogP) is 5.00. The number of fused-ring (bicyclic) bond motifs is 1. The summed E-state index contributed by atoms with van der Waals surface area (Å²) in [7, 11) is 1.78. The Balaban J connectivity index is 1.59. The number of ether oxygens (including phenoxy) is 1. The summed E-state index contributed by atoms with van der Waals surface area (Å²) >= 11 is 1.61. The highest BCUT2D eigenvalue weighted by Crippen LogP contribution is 2.35. The van der Waals surface area contributed by atoms with Crippen LogP contribution in [0, 0.1) is 5.82 Å². The summed E-state index contributed by atoms with van der Waals surface area (Å²) in [5.74, 6) is -0.0381. The largest absolute Gasteiger partial charge is 0.484 e. The Morgan fingerprint density at radius 2 is 1.93 bits per heavy atom. The Morgan fingerprint density at radius 3 is 2.68 bits per heavy atom. The van der Waals surface area contributed by atoms with Crippen molar-refractivity contribution in [1.29, 1.82) is 0 Å². The molecule has 0 saturated carbocycles. The lowest BCUT2D eigenvalue weighted by molar-refractivity contribution is -0.133. The van der Waals surface area contributed by atoms with Gasteiger partial charge in [0.2, 0.25) is 0 Å². The summed E-state index contributed by atoms with van der Waals surface area (Å²) in [5, 5.41) is 3.09. The molecule has 0 fully saturated rings. The molecule has 1 atom stereocenters. The van der Waals surface area contributed by atoms with Gasteiger partial charge in [0.15, 0.2) is 6.61 Å². The van der Waals surface area contributed by atoms with Crippen LogP contribution in [0.5, 0.6) is 5.75 Å². The number of amides is 1. The van der Waals surface area contributed by atoms with Crippen LogP contribution in [0.2, 0.25) is 0 Å². The van der Waals surface area contributed by atoms with Crippen molar-refractivity contribution < 1.29 is 13.9 Å². The lowest BCUT2D eigenvalue weighted by atomic mass is 10.0. The van der Waals surface area contributed by atoms with Crippen LogP contribution in [0.15, 0.2) is 72.2 Å². The van der Waals surface area contributed by atoms with E-state index in [1.165, 1.54) is 24.3 Å². The maximum absolute atomic E-state index is 13.0. The number of carbonyl (C=O) groups is 1. The standard InChI is InChI=1S/C22H19FN2O2S/c1-25(21(26)14-27-16-10-8-15(23)9-11-16)22(20-7-4-12-28-20)18-13-24-19-6-3-2-5-17(18)19/h2-13,22,24H,14H2,1H3/t22-/m0/s1. The molecule has 4 aromatic rings. The fourth-order valence-corrected chi connectivity index (χ4v) is 4.13. The number of rotatable bonds is 6. The zero-order chi connectivity index (χ0) is 19.5. The Morgan fingerprint density at radius 1 is 1.14 bits per heavy atom. The van der Waals surface area contributed by atoms with Crippen LogP contribution in [0.4, 0.5) is 4.39 Å². The number of carbonyl (C=O) groups excluding carboxylic acids is 1. The first-order chi connectivity index (χ1) is 13.6. The summed E-state index contributed by atoms with van der Waals surface area (Å²) in [6.45, 7) is -0.119. The fraction of sp³-hybridized carbons (Fsp3) is 0.136. The second-order valence-electron chi connectivity index (χ2n) is 6.45. The zero-order valence-electron chi connectivity index (χ0n) is 15.3. The molecular weight excluding hydrogens is 375 g/mol. The summed E-state index contributed by atoms with van der Waals surface area (Å²) in [6.07, 6.45) is 1.96. The third kappa shape index (κ3) is 3.64. The van der Waals surface area contributed by atoms with Crippen molar-refractivity contribution >= 4 is 28.1 Å². The Kier molecular flexibility index (Phi) is 5.12. The van der Waals surface area contributed by atoms with Gasteiger partial charge >= 0.3 is 0 Å². The van der Waals surface area contributed by atoms with Crippen LogP contribution >= 0.6 is 11.3 Å². The molecule has 2 aromatic carbocycles. The molecule has 2 aromatic heterocycles. The van der Waals surface area contributed by atoms with Crippen LogP contribution in [-0.2, 0) is 4.79 Å². The normalized spacial score (nSPS) is 12.1. The number of hydrogen-bond acceptors (Lipinski definition) is 3. The second-order valence-corrected chi connectivity index (χ2v) is 7.43. The summed E-state index contributed by atoms with van der Waals surface area (Å²) < 4.78 is 18.6. The molecule has 142 valence electrons. The van der Waals surface area contributed by atoms with E-state index in [-0.39, 0.29) is 24.4 Å². The van der Waals surface area contributed by atoms with Crippen LogP contribution in [0.25, 0.3) is 10.9 Å². The highest BCUT2D eigenvalue weighted by atomic mass is 32.1. The zero-order valence-corrected chi connectivity index (χ0v) is 16.1. The SMILES string of the molecule is CN(C(=O)COc1ccc(F)cc1)[C@H](c1cccs1)c1c[nH]c2ccccc12. The summed E-state index contributed by atoms with van der Waals surface area (Å²) in [6, 6.07) is 17.5. The highest BCUT2D eigenvalue weighted by Gasteiger charge is 2.27. The van der Waals surface area contributed by atoms with Gasteiger partial charge in [-0.3, -0.25) is 4.79 Å². The number of nitrogens with zero attached hydrogens (tertiary/aromatic N) is 1. The van der Waals surface area contributed by atoms with Crippen molar-refractivity contribution in [2.24, 2.45) is 0 Å². The number of aromatic amines is 1. The Hall–Kier alpha value is -3.12. The number of aromatic nitrogens is 1. The lowest BCUT2D eigenvalue weighted by Crippen LogP contribution is -2.35. The van der Waals surface area contributed by atoms with E-state index >= 15 is 0 Å². The number of halogens is 1. The third-order valence-electron chi connectivity index (χ3n) is 4.69. The Labute approximate surface area is 166 Å². The minimum absolute atomic E-state index is 0.119. The minimum atomic E-state index is -0.340. The molecule has 4 nitrogen and oxygen atoms in total. The van der Waals surface area contributed by atoms with Gasteiger partial charge in [-0.1, -0.05) is 24.3 Å². The highest BCUT2D eigenvalue weighted by molar-refractivity contribution is 7.10. The lowest BCUT2D eigenvalue weighted by Gasteiger charge is -2.27. The average molecular weight is 394 g/mol. The molecule has 0 aliphatic rings. The van der Waals surface area contributed by atoms with Crippen molar-refractivity contribution in [2.45, 2.75) is 6.04 Å². The van der Waals surface area contributed by atoms with Gasteiger partial charge in [0.05, 0.1) is 6.04 Å². The van der Waals surface area contributed by atoms with Gasteiger partial charge in [0.1, 0.15) is 11.6 Å². The van der Waals surface area contributed by atoms with Crippen molar-refractivity contribution in [1.82, 2.24) is 9.88 Å². The molecule has 0 bridgehead atoms. The number of nitrogens with one attached hydrogen (secondary N) is 1. The number of para-hydroxylation sites is 1. The van der Waals surface area contributed by atoms with Gasteiger partial charge in [0.25, 0.3) is 5.91 Å². The maximum Gasteiger partial charge on any atom is 0.261 e. The molecule has 0 aliphatic carbocycles. The number of H-pyrrole nitrogens is 1. The van der Waals surface area contributed by atoms with Gasteiger partial charge in [-0.05, 0) is 41.8 Å². The Bertz CT molecular complexity index is 1070. The van der Waals surface area contributed by atoms with E-state index < -0.39 is 0 Å². The van der Waals surface area contributed by atoms with Crippen LogP contribution in [0.3, 0.4) is 0 Å². The number of likely N-dealkylation sites (N-methyl/N-ethyl adjacent to an activating group) is 1. The van der Waals surface area contributed by atoms with Crippen LogP contribution < -0.4 is 4.74 Å². The second kappa shape index (κ2) is 7.86. The van der Waals surface area contributed by atoms with Crippen LogP contribution in [0.1, 0.15) is 16.5 Å². The molecule has 28 heavy (non-hydrogen) atoms. The molecule has 0 spiro atoms. The monoisotopic (exact) mass is 394 g/mol. The van der Waals surface area contributed by atoms with Gasteiger partial charge in [-0.25, -0.2) is 4.39 Å². The molecule has 0 aliphatic heterocycles. The third-order valence-corrected chi connectivity index (χ3v) is 5.61. The smallest absolute Gasteiger partial charge is 0.261 e. The van der Waals surface area contributed by atoms with E-state index in [4.69, 9.17) is 4.74 Å². The molecule has 0 saturated heterocycles. The van der Waals surface area contributed by atoms with E-state index in [9.17, 15) is 9.18 Å². The van der Waals surface area contributed by atoms with Gasteiger partial charge in [0, 0.05) is 34.6 Å². The van der Waals surface area contributed by atoms with E-state index in [1.54, 1.807) is 23.3 Å². The first-order valence-corrected chi connectivity index (χ1v) is 9.75. The number of thiophene rings is 1. The molecule has 0 unspecified atom stereocenters.